The van der Waals surface area contributed by atoms with E-state index in [1.807, 2.05) is 24.3 Å². The number of para-hydroxylation sites is 1. The van der Waals surface area contributed by atoms with Crippen molar-refractivity contribution in [2.24, 2.45) is 5.92 Å². The number of Topliss-reactive ketones (excluding diaryl/α,β-unsaturated/α-hetero) is 1. The summed E-state index contributed by atoms with van der Waals surface area (Å²) < 4.78 is 5.84. The lowest BCUT2D eigenvalue weighted by Gasteiger charge is -2.29. The predicted octanol–water partition coefficient (Wildman–Crippen LogP) is 2.61. The number of piperidine rings is 1. The second-order valence-electron chi connectivity index (χ2n) is 5.13. The molecule has 18 heavy (non-hydrogen) atoms. The van der Waals surface area contributed by atoms with Gasteiger partial charge in [0.15, 0.2) is 5.78 Å². The zero-order valence-corrected chi connectivity index (χ0v) is 11.2. The van der Waals surface area contributed by atoms with E-state index in [0.717, 1.165) is 12.3 Å². The maximum Gasteiger partial charge on any atom is 0.163 e. The first-order chi connectivity index (χ1) is 8.66. The molecule has 1 fully saturated rings. The first-order valence-corrected chi connectivity index (χ1v) is 6.58. The fourth-order valence-corrected chi connectivity index (χ4v) is 2.50. The number of rotatable bonds is 4. The topological polar surface area (TPSA) is 29.5 Å². The number of carbonyl (C=O) groups excluding carboxylic acids is 1. The van der Waals surface area contributed by atoms with E-state index >= 15 is 0 Å². The van der Waals surface area contributed by atoms with Crippen LogP contribution < -0.4 is 4.74 Å². The van der Waals surface area contributed by atoms with Gasteiger partial charge in [-0.2, -0.15) is 0 Å². The Morgan fingerprint density at radius 2 is 2.22 bits per heavy atom. The highest BCUT2D eigenvalue weighted by molar-refractivity contribution is 5.96. The van der Waals surface area contributed by atoms with Gasteiger partial charge in [0.1, 0.15) is 5.75 Å². The van der Waals surface area contributed by atoms with E-state index in [9.17, 15) is 4.79 Å². The normalized spacial score (nSPS) is 20.7. The largest absolute Gasteiger partial charge is 0.492 e. The van der Waals surface area contributed by atoms with Gasteiger partial charge in [0.25, 0.3) is 0 Å². The Labute approximate surface area is 109 Å². The predicted molar refractivity (Wildman–Crippen MR) is 72.2 cm³/mol. The molecule has 1 aromatic carbocycles. The molecular formula is C15H21NO2. The number of benzene rings is 1. The molecule has 0 N–H and O–H groups in total. The minimum absolute atomic E-state index is 0.0614. The van der Waals surface area contributed by atoms with Crippen LogP contribution in [-0.4, -0.2) is 37.4 Å². The highest BCUT2D eigenvalue weighted by Gasteiger charge is 2.18. The summed E-state index contributed by atoms with van der Waals surface area (Å²) in [5.74, 6) is 1.35. The van der Waals surface area contributed by atoms with E-state index in [1.165, 1.54) is 19.4 Å². The molecule has 2 rings (SSSR count). The van der Waals surface area contributed by atoms with Gasteiger partial charge < -0.3 is 9.64 Å². The Kier molecular flexibility index (Phi) is 4.37. The number of hydrogen-bond acceptors (Lipinski definition) is 3. The minimum Gasteiger partial charge on any atom is -0.492 e. The molecule has 98 valence electrons. The molecule has 0 spiro atoms. The van der Waals surface area contributed by atoms with Crippen molar-refractivity contribution in [2.75, 3.05) is 26.7 Å². The Hall–Kier alpha value is -1.35. The van der Waals surface area contributed by atoms with Crippen LogP contribution in [0.3, 0.4) is 0 Å². The van der Waals surface area contributed by atoms with Crippen molar-refractivity contribution in [2.45, 2.75) is 19.8 Å². The molecular weight excluding hydrogens is 226 g/mol. The van der Waals surface area contributed by atoms with E-state index in [1.54, 1.807) is 6.92 Å². The zero-order valence-electron chi connectivity index (χ0n) is 11.2. The molecule has 1 atom stereocenters. The number of nitrogens with zero attached hydrogens (tertiary/aromatic N) is 1. The third-order valence-corrected chi connectivity index (χ3v) is 3.46. The number of ketones is 1. The molecule has 1 aliphatic rings. The van der Waals surface area contributed by atoms with E-state index in [0.29, 0.717) is 18.1 Å². The van der Waals surface area contributed by atoms with Crippen LogP contribution in [0.5, 0.6) is 5.75 Å². The van der Waals surface area contributed by atoms with Crippen molar-refractivity contribution in [1.82, 2.24) is 4.90 Å². The van der Waals surface area contributed by atoms with Crippen LogP contribution in [0.15, 0.2) is 24.3 Å². The summed E-state index contributed by atoms with van der Waals surface area (Å²) in [5, 5.41) is 0. The van der Waals surface area contributed by atoms with Gasteiger partial charge in [-0.1, -0.05) is 12.1 Å². The number of carbonyl (C=O) groups is 1. The molecule has 1 aromatic rings. The highest BCUT2D eigenvalue weighted by Crippen LogP contribution is 2.21. The summed E-state index contributed by atoms with van der Waals surface area (Å²) in [6.45, 7) is 4.55. The molecule has 3 nitrogen and oxygen atoms in total. The van der Waals surface area contributed by atoms with Crippen molar-refractivity contribution >= 4 is 5.78 Å². The third-order valence-electron chi connectivity index (χ3n) is 3.46. The van der Waals surface area contributed by atoms with Gasteiger partial charge in [-0.3, -0.25) is 4.79 Å². The number of hydrogen-bond donors (Lipinski definition) is 0. The highest BCUT2D eigenvalue weighted by atomic mass is 16.5. The standard InChI is InChI=1S/C15H21NO2/c1-12(17)14-7-3-4-8-15(14)18-11-13-6-5-9-16(2)10-13/h3-4,7-8,13H,5-6,9-11H2,1-2H3. The van der Waals surface area contributed by atoms with Gasteiger partial charge in [-0.05, 0) is 45.5 Å². The average Bonchev–Trinajstić information content (AvgIpc) is 2.37. The molecule has 1 unspecified atom stereocenters. The van der Waals surface area contributed by atoms with Gasteiger partial charge in [0.05, 0.1) is 12.2 Å². The Morgan fingerprint density at radius 3 is 2.94 bits per heavy atom. The quantitative estimate of drug-likeness (QED) is 0.766. The van der Waals surface area contributed by atoms with Crippen LogP contribution in [-0.2, 0) is 0 Å². The minimum atomic E-state index is 0.0614. The monoisotopic (exact) mass is 247 g/mol. The van der Waals surface area contributed by atoms with Gasteiger partial charge in [-0.15, -0.1) is 0 Å². The van der Waals surface area contributed by atoms with Crippen LogP contribution in [0.25, 0.3) is 0 Å². The van der Waals surface area contributed by atoms with Crippen molar-refractivity contribution in [3.8, 4) is 5.75 Å². The zero-order chi connectivity index (χ0) is 13.0. The van der Waals surface area contributed by atoms with Crippen LogP contribution >= 0.6 is 0 Å². The number of ether oxygens (including phenoxy) is 1. The SMILES string of the molecule is CC(=O)c1ccccc1OCC1CCCN(C)C1. The van der Waals surface area contributed by atoms with Crippen molar-refractivity contribution < 1.29 is 9.53 Å². The molecule has 3 heteroatoms. The summed E-state index contributed by atoms with van der Waals surface area (Å²) >= 11 is 0. The maximum atomic E-state index is 11.5. The molecule has 0 aliphatic carbocycles. The van der Waals surface area contributed by atoms with Gasteiger partial charge in [0.2, 0.25) is 0 Å². The van der Waals surface area contributed by atoms with E-state index in [2.05, 4.69) is 11.9 Å². The van der Waals surface area contributed by atoms with Gasteiger partial charge in [-0.25, -0.2) is 0 Å². The summed E-state index contributed by atoms with van der Waals surface area (Å²) in [4.78, 5) is 13.8. The van der Waals surface area contributed by atoms with Crippen LogP contribution in [0.1, 0.15) is 30.1 Å². The Morgan fingerprint density at radius 1 is 1.44 bits per heavy atom. The third kappa shape index (κ3) is 3.33. The number of likely N-dealkylation sites (tertiary alicyclic amines) is 1. The Balaban J connectivity index is 1.95. The molecule has 1 saturated heterocycles. The first-order valence-electron chi connectivity index (χ1n) is 6.58. The smallest absolute Gasteiger partial charge is 0.163 e. The van der Waals surface area contributed by atoms with Gasteiger partial charge >= 0.3 is 0 Å². The fourth-order valence-electron chi connectivity index (χ4n) is 2.50. The van der Waals surface area contributed by atoms with E-state index in [4.69, 9.17) is 4.74 Å². The van der Waals surface area contributed by atoms with Gasteiger partial charge in [0, 0.05) is 12.5 Å². The molecule has 1 heterocycles. The molecule has 0 radical (unpaired) electrons. The summed E-state index contributed by atoms with van der Waals surface area (Å²) in [5.41, 5.74) is 0.682. The van der Waals surface area contributed by atoms with E-state index < -0.39 is 0 Å². The Bertz CT molecular complexity index is 417. The van der Waals surface area contributed by atoms with Crippen LogP contribution in [0.4, 0.5) is 0 Å². The van der Waals surface area contributed by atoms with Crippen LogP contribution in [0.2, 0.25) is 0 Å². The lowest BCUT2D eigenvalue weighted by molar-refractivity contribution is 0.100. The molecule has 0 bridgehead atoms. The molecule has 1 aliphatic heterocycles. The lowest BCUT2D eigenvalue weighted by Crippen LogP contribution is -2.34. The summed E-state index contributed by atoms with van der Waals surface area (Å²) in [7, 11) is 2.15. The van der Waals surface area contributed by atoms with E-state index in [-0.39, 0.29) is 5.78 Å². The van der Waals surface area contributed by atoms with Crippen molar-refractivity contribution in [3.05, 3.63) is 29.8 Å². The van der Waals surface area contributed by atoms with Crippen LogP contribution in [0, 0.1) is 5.92 Å². The average molecular weight is 247 g/mol. The van der Waals surface area contributed by atoms with Crippen molar-refractivity contribution in [3.63, 3.8) is 0 Å². The maximum absolute atomic E-state index is 11.5. The molecule has 0 aromatic heterocycles. The fraction of sp³-hybridized carbons (Fsp3) is 0.533. The first kappa shape index (κ1) is 13.1. The van der Waals surface area contributed by atoms with Crippen molar-refractivity contribution in [1.29, 1.82) is 0 Å². The molecule has 0 saturated carbocycles. The lowest BCUT2D eigenvalue weighted by atomic mass is 9.99. The summed E-state index contributed by atoms with van der Waals surface area (Å²) in [6, 6.07) is 7.49. The summed E-state index contributed by atoms with van der Waals surface area (Å²) in [6.07, 6.45) is 2.45. The molecule has 0 amide bonds. The second-order valence-corrected chi connectivity index (χ2v) is 5.13. The second kappa shape index (κ2) is 6.01.